The van der Waals surface area contributed by atoms with E-state index in [0.29, 0.717) is 24.1 Å². The van der Waals surface area contributed by atoms with Crippen molar-refractivity contribution in [3.63, 3.8) is 0 Å². The molecular weight excluding hydrogens is 414 g/mol. The number of hydrogen-bond donors (Lipinski definition) is 1. The lowest BCUT2D eigenvalue weighted by atomic mass is 9.89. The fourth-order valence-corrected chi connectivity index (χ4v) is 4.01. The summed E-state index contributed by atoms with van der Waals surface area (Å²) in [6.07, 6.45) is 10.4. The Hall–Kier alpha value is -3.00. The molecule has 1 aliphatic rings. The van der Waals surface area contributed by atoms with Crippen molar-refractivity contribution < 1.29 is 4.79 Å². The zero-order valence-corrected chi connectivity index (χ0v) is 18.5. The van der Waals surface area contributed by atoms with Gasteiger partial charge in [-0.3, -0.25) is 14.5 Å². The van der Waals surface area contributed by atoms with E-state index in [1.165, 1.54) is 0 Å². The van der Waals surface area contributed by atoms with E-state index in [0.717, 1.165) is 29.7 Å². The molecule has 1 N–H and O–H groups in total. The molecule has 9 heteroatoms. The van der Waals surface area contributed by atoms with Gasteiger partial charge in [0.1, 0.15) is 6.54 Å². The number of amides is 1. The van der Waals surface area contributed by atoms with Gasteiger partial charge in [0.2, 0.25) is 11.9 Å². The molecule has 0 saturated carbocycles. The average molecular weight is 440 g/mol. The maximum atomic E-state index is 12.7. The predicted octanol–water partition coefficient (Wildman–Crippen LogP) is 3.62. The number of halogens is 1. The van der Waals surface area contributed by atoms with Gasteiger partial charge < -0.3 is 10.2 Å². The summed E-state index contributed by atoms with van der Waals surface area (Å²) in [5.74, 6) is 0.941. The Labute approximate surface area is 186 Å². The van der Waals surface area contributed by atoms with E-state index in [1.807, 2.05) is 23.2 Å². The summed E-state index contributed by atoms with van der Waals surface area (Å²) in [6.45, 7) is 5.71. The van der Waals surface area contributed by atoms with Crippen LogP contribution in [0.25, 0.3) is 11.1 Å². The maximum Gasteiger partial charge on any atom is 0.244 e. The van der Waals surface area contributed by atoms with Crippen LogP contribution in [0.2, 0.25) is 5.02 Å². The van der Waals surface area contributed by atoms with Crippen molar-refractivity contribution >= 4 is 23.5 Å². The van der Waals surface area contributed by atoms with Crippen molar-refractivity contribution in [2.24, 2.45) is 0 Å². The lowest BCUT2D eigenvalue weighted by molar-refractivity contribution is -0.133. The van der Waals surface area contributed by atoms with E-state index in [1.54, 1.807) is 29.5 Å². The Morgan fingerprint density at radius 3 is 2.61 bits per heavy atom. The molecule has 1 aliphatic heterocycles. The van der Waals surface area contributed by atoms with Crippen LogP contribution in [0.5, 0.6) is 0 Å². The first kappa shape index (κ1) is 21.2. The molecule has 0 unspecified atom stereocenters. The van der Waals surface area contributed by atoms with Crippen molar-refractivity contribution in [1.29, 1.82) is 0 Å². The summed E-state index contributed by atoms with van der Waals surface area (Å²) >= 11 is 5.90. The van der Waals surface area contributed by atoms with Crippen LogP contribution in [0.3, 0.4) is 0 Å². The first-order chi connectivity index (χ1) is 15.0. The second-order valence-corrected chi connectivity index (χ2v) is 8.48. The summed E-state index contributed by atoms with van der Waals surface area (Å²) in [6, 6.07) is 4.20. The molecule has 0 radical (unpaired) electrons. The van der Waals surface area contributed by atoms with E-state index in [2.05, 4.69) is 34.2 Å². The molecule has 0 aliphatic carbocycles. The van der Waals surface area contributed by atoms with E-state index in [9.17, 15) is 4.79 Å². The third-order valence-corrected chi connectivity index (χ3v) is 5.56. The van der Waals surface area contributed by atoms with Gasteiger partial charge in [-0.25, -0.2) is 9.97 Å². The topological polar surface area (TPSA) is 88.8 Å². The third-order valence-electron chi connectivity index (χ3n) is 5.36. The molecule has 31 heavy (non-hydrogen) atoms. The molecule has 0 spiro atoms. The quantitative estimate of drug-likeness (QED) is 0.631. The molecule has 4 heterocycles. The number of carbonyl (C=O) groups is 1. The van der Waals surface area contributed by atoms with Gasteiger partial charge in [0.25, 0.3) is 0 Å². The molecular formula is C22H26ClN7O. The van der Waals surface area contributed by atoms with Crippen LogP contribution in [-0.4, -0.2) is 54.7 Å². The third kappa shape index (κ3) is 5.19. The summed E-state index contributed by atoms with van der Waals surface area (Å²) in [7, 11) is 0. The van der Waals surface area contributed by atoms with Gasteiger partial charge in [0.15, 0.2) is 0 Å². The molecule has 8 nitrogen and oxygen atoms in total. The number of hydrogen-bond acceptors (Lipinski definition) is 6. The maximum absolute atomic E-state index is 12.7. The smallest absolute Gasteiger partial charge is 0.244 e. The van der Waals surface area contributed by atoms with Crippen LogP contribution in [0.15, 0.2) is 43.1 Å². The van der Waals surface area contributed by atoms with Gasteiger partial charge >= 0.3 is 0 Å². The van der Waals surface area contributed by atoms with Gasteiger partial charge in [0.05, 0.1) is 16.9 Å². The van der Waals surface area contributed by atoms with E-state index in [-0.39, 0.29) is 24.4 Å². The summed E-state index contributed by atoms with van der Waals surface area (Å²) in [5.41, 5.74) is 3.10. The molecule has 1 saturated heterocycles. The number of rotatable bonds is 6. The zero-order chi connectivity index (χ0) is 21.8. The fourth-order valence-electron chi connectivity index (χ4n) is 3.85. The Morgan fingerprint density at radius 1 is 1.23 bits per heavy atom. The van der Waals surface area contributed by atoms with Gasteiger partial charge in [0, 0.05) is 55.4 Å². The van der Waals surface area contributed by atoms with Gasteiger partial charge in [-0.2, -0.15) is 5.10 Å². The Bertz CT molecular complexity index is 1030. The van der Waals surface area contributed by atoms with Crippen molar-refractivity contribution in [2.75, 3.05) is 18.4 Å². The highest BCUT2D eigenvalue weighted by Gasteiger charge is 2.27. The van der Waals surface area contributed by atoms with Crippen LogP contribution in [0.1, 0.15) is 38.3 Å². The first-order valence-electron chi connectivity index (χ1n) is 10.5. The van der Waals surface area contributed by atoms with Crippen LogP contribution in [0, 0.1) is 0 Å². The van der Waals surface area contributed by atoms with Crippen LogP contribution < -0.4 is 5.32 Å². The average Bonchev–Trinajstić information content (AvgIpc) is 3.18. The van der Waals surface area contributed by atoms with Crippen LogP contribution in [-0.2, 0) is 11.3 Å². The lowest BCUT2D eigenvalue weighted by Crippen LogP contribution is -2.40. The van der Waals surface area contributed by atoms with Gasteiger partial charge in [-0.05, 0) is 44.4 Å². The SMILES string of the molecule is CC(C)Nc1ncc(-c2ccncc2)c(C2CCN(C(=O)Cn3cc(Cl)cn3)CC2)n1. The highest BCUT2D eigenvalue weighted by atomic mass is 35.5. The van der Waals surface area contributed by atoms with Crippen molar-refractivity contribution in [1.82, 2.24) is 29.6 Å². The summed E-state index contributed by atoms with van der Waals surface area (Å²) in [5, 5.41) is 7.93. The monoisotopic (exact) mass is 439 g/mol. The number of anilines is 1. The second kappa shape index (κ2) is 9.43. The molecule has 4 rings (SSSR count). The fraction of sp³-hybridized carbons (Fsp3) is 0.409. The van der Waals surface area contributed by atoms with Crippen molar-refractivity contribution in [3.05, 3.63) is 53.8 Å². The Morgan fingerprint density at radius 2 is 1.97 bits per heavy atom. The minimum Gasteiger partial charge on any atom is -0.352 e. The molecule has 0 aromatic carbocycles. The summed E-state index contributed by atoms with van der Waals surface area (Å²) in [4.78, 5) is 28.1. The van der Waals surface area contributed by atoms with Crippen LogP contribution >= 0.6 is 11.6 Å². The predicted molar refractivity (Wildman–Crippen MR) is 120 cm³/mol. The van der Waals surface area contributed by atoms with Crippen molar-refractivity contribution in [3.8, 4) is 11.1 Å². The van der Waals surface area contributed by atoms with Crippen LogP contribution in [0.4, 0.5) is 5.95 Å². The molecule has 162 valence electrons. The number of likely N-dealkylation sites (tertiary alicyclic amines) is 1. The number of carbonyl (C=O) groups excluding carboxylic acids is 1. The minimum absolute atomic E-state index is 0.0532. The van der Waals surface area contributed by atoms with E-state index >= 15 is 0 Å². The largest absolute Gasteiger partial charge is 0.352 e. The molecule has 3 aromatic rings. The highest BCUT2D eigenvalue weighted by molar-refractivity contribution is 6.30. The Kier molecular flexibility index (Phi) is 6.46. The second-order valence-electron chi connectivity index (χ2n) is 8.04. The molecule has 0 atom stereocenters. The Balaban J connectivity index is 1.50. The van der Waals surface area contributed by atoms with E-state index < -0.39 is 0 Å². The number of aromatic nitrogens is 5. The van der Waals surface area contributed by atoms with Crippen molar-refractivity contribution in [2.45, 2.75) is 45.2 Å². The normalized spacial score (nSPS) is 14.8. The molecule has 3 aromatic heterocycles. The number of nitrogens with one attached hydrogen (secondary N) is 1. The summed E-state index contributed by atoms with van der Waals surface area (Å²) < 4.78 is 1.58. The van der Waals surface area contributed by atoms with Gasteiger partial charge in [-0.15, -0.1) is 0 Å². The standard InChI is InChI=1S/C22H26ClN7O/c1-15(2)27-22-25-12-19(16-3-7-24-8-4-16)21(28-22)17-5-9-29(10-6-17)20(31)14-30-13-18(23)11-26-30/h3-4,7-8,11-13,15,17H,5-6,9-10,14H2,1-2H3,(H,25,27,28). The lowest BCUT2D eigenvalue weighted by Gasteiger charge is -2.32. The highest BCUT2D eigenvalue weighted by Crippen LogP contribution is 2.34. The molecule has 1 fully saturated rings. The zero-order valence-electron chi connectivity index (χ0n) is 17.7. The number of piperidine rings is 1. The van der Waals surface area contributed by atoms with Gasteiger partial charge in [-0.1, -0.05) is 11.6 Å². The number of pyridine rings is 1. The molecule has 0 bridgehead atoms. The minimum atomic E-state index is 0.0532. The van der Waals surface area contributed by atoms with E-state index in [4.69, 9.17) is 16.6 Å². The first-order valence-corrected chi connectivity index (χ1v) is 10.9. The number of nitrogens with zero attached hydrogens (tertiary/aromatic N) is 6. The molecule has 1 amide bonds.